The van der Waals surface area contributed by atoms with Crippen molar-refractivity contribution < 1.29 is 0 Å². The first-order valence-corrected chi connectivity index (χ1v) is 6.87. The van der Waals surface area contributed by atoms with E-state index in [9.17, 15) is 0 Å². The number of hydrogen-bond donors (Lipinski definition) is 0. The van der Waals surface area contributed by atoms with E-state index in [0.29, 0.717) is 0 Å². The van der Waals surface area contributed by atoms with Gasteiger partial charge in [-0.1, -0.05) is 18.9 Å². The van der Waals surface area contributed by atoms with Crippen molar-refractivity contribution >= 4 is 17.6 Å². The Balaban J connectivity index is 1.94. The predicted molar refractivity (Wildman–Crippen MR) is 70.8 cm³/mol. The molecule has 3 nitrogen and oxygen atoms in total. The Kier molecular flexibility index (Phi) is 4.48. The van der Waals surface area contributed by atoms with Gasteiger partial charge in [-0.2, -0.15) is 0 Å². The molecule has 0 amide bonds. The monoisotopic (exact) mass is 237 g/mol. The van der Waals surface area contributed by atoms with Crippen LogP contribution in [0, 0.1) is 0 Å². The molecule has 1 fully saturated rings. The van der Waals surface area contributed by atoms with Gasteiger partial charge in [-0.05, 0) is 18.6 Å². The molecular formula is C12H19N3S. The fraction of sp³-hybridized carbons (Fsp3) is 0.583. The van der Waals surface area contributed by atoms with Gasteiger partial charge in [0.2, 0.25) is 0 Å². The zero-order valence-corrected chi connectivity index (χ0v) is 10.6. The van der Waals surface area contributed by atoms with Crippen molar-refractivity contribution in [3.8, 4) is 0 Å². The van der Waals surface area contributed by atoms with Crippen LogP contribution in [0.5, 0.6) is 0 Å². The Bertz CT molecular complexity index is 304. The topological polar surface area (TPSA) is 19.4 Å². The van der Waals surface area contributed by atoms with E-state index in [0.717, 1.165) is 19.6 Å². The van der Waals surface area contributed by atoms with Crippen LogP contribution in [0.1, 0.15) is 13.3 Å². The third-order valence-electron chi connectivity index (χ3n) is 2.78. The van der Waals surface area contributed by atoms with Crippen molar-refractivity contribution in [2.75, 3.05) is 36.8 Å². The van der Waals surface area contributed by atoms with Gasteiger partial charge in [0.05, 0.1) is 11.9 Å². The van der Waals surface area contributed by atoms with E-state index in [2.05, 4.69) is 27.2 Å². The Labute approximate surface area is 102 Å². The van der Waals surface area contributed by atoms with Gasteiger partial charge in [0.15, 0.2) is 0 Å². The minimum atomic E-state index is 1.11. The molecule has 4 heteroatoms. The summed E-state index contributed by atoms with van der Waals surface area (Å²) in [5.41, 5.74) is 1.26. The average Bonchev–Trinajstić information content (AvgIpc) is 2.57. The summed E-state index contributed by atoms with van der Waals surface area (Å²) in [5, 5.41) is 0. The number of nitrogens with zero attached hydrogens (tertiary/aromatic N) is 3. The highest BCUT2D eigenvalue weighted by molar-refractivity contribution is 7.96. The fourth-order valence-corrected chi connectivity index (χ4v) is 2.84. The second kappa shape index (κ2) is 6.11. The van der Waals surface area contributed by atoms with Crippen LogP contribution < -0.4 is 4.90 Å². The Hall–Kier alpha value is -0.740. The van der Waals surface area contributed by atoms with E-state index < -0.39 is 0 Å². The molecule has 88 valence electrons. The molecule has 0 unspecified atom stereocenters. The standard InChI is InChI=1S/C12H19N3S/c1-2-16-15-8-4-7-14(9-10-15)12-5-3-6-13-11-12/h3,5-6,11H,2,4,7-10H2,1H3. The minimum Gasteiger partial charge on any atom is -0.369 e. The number of anilines is 1. The highest BCUT2D eigenvalue weighted by atomic mass is 32.2. The molecule has 0 radical (unpaired) electrons. The lowest BCUT2D eigenvalue weighted by Gasteiger charge is -2.22. The number of aromatic nitrogens is 1. The first kappa shape index (κ1) is 11.7. The van der Waals surface area contributed by atoms with Crippen LogP contribution in [0.3, 0.4) is 0 Å². The second-order valence-electron chi connectivity index (χ2n) is 3.90. The molecule has 1 aliphatic rings. The zero-order chi connectivity index (χ0) is 11.2. The summed E-state index contributed by atoms with van der Waals surface area (Å²) in [6.45, 7) is 6.82. The zero-order valence-electron chi connectivity index (χ0n) is 9.80. The quantitative estimate of drug-likeness (QED) is 0.751. The van der Waals surface area contributed by atoms with Crippen LogP contribution in [-0.2, 0) is 0 Å². The van der Waals surface area contributed by atoms with Gasteiger partial charge in [-0.15, -0.1) is 0 Å². The molecule has 1 aliphatic heterocycles. The number of pyridine rings is 1. The van der Waals surface area contributed by atoms with Crippen LogP contribution in [0.15, 0.2) is 24.5 Å². The second-order valence-corrected chi connectivity index (χ2v) is 5.25. The van der Waals surface area contributed by atoms with Gasteiger partial charge in [-0.25, -0.2) is 4.31 Å². The summed E-state index contributed by atoms with van der Waals surface area (Å²) in [4.78, 5) is 6.62. The summed E-state index contributed by atoms with van der Waals surface area (Å²) in [6.07, 6.45) is 5.03. The molecule has 0 atom stereocenters. The van der Waals surface area contributed by atoms with E-state index in [-0.39, 0.29) is 0 Å². The lowest BCUT2D eigenvalue weighted by Crippen LogP contribution is -2.28. The molecule has 0 bridgehead atoms. The van der Waals surface area contributed by atoms with Gasteiger partial charge in [0.25, 0.3) is 0 Å². The SMILES string of the molecule is CCSN1CCCN(c2cccnc2)CC1. The third-order valence-corrected chi connectivity index (χ3v) is 3.77. The maximum absolute atomic E-state index is 4.19. The molecule has 16 heavy (non-hydrogen) atoms. The Morgan fingerprint density at radius 2 is 2.25 bits per heavy atom. The molecular weight excluding hydrogens is 218 g/mol. The van der Waals surface area contributed by atoms with Crippen molar-refractivity contribution in [2.24, 2.45) is 0 Å². The molecule has 0 N–H and O–H groups in total. The summed E-state index contributed by atoms with van der Waals surface area (Å²) >= 11 is 1.95. The molecule has 2 heterocycles. The molecule has 2 rings (SSSR count). The molecule has 0 saturated carbocycles. The minimum absolute atomic E-state index is 1.11. The first-order valence-electron chi connectivity index (χ1n) is 5.93. The maximum Gasteiger partial charge on any atom is 0.0553 e. The molecule has 1 aromatic heterocycles. The first-order chi connectivity index (χ1) is 7.90. The van der Waals surface area contributed by atoms with Crippen LogP contribution in [0.4, 0.5) is 5.69 Å². The molecule has 0 aromatic carbocycles. The van der Waals surface area contributed by atoms with Gasteiger partial charge >= 0.3 is 0 Å². The van der Waals surface area contributed by atoms with Crippen molar-refractivity contribution in [3.63, 3.8) is 0 Å². The molecule has 1 saturated heterocycles. The van der Waals surface area contributed by atoms with Crippen LogP contribution in [-0.4, -0.2) is 41.2 Å². The normalized spacial score (nSPS) is 18.4. The van der Waals surface area contributed by atoms with Crippen LogP contribution in [0.25, 0.3) is 0 Å². The highest BCUT2D eigenvalue weighted by Gasteiger charge is 2.14. The maximum atomic E-state index is 4.19. The van der Waals surface area contributed by atoms with Crippen molar-refractivity contribution in [1.29, 1.82) is 0 Å². The van der Waals surface area contributed by atoms with E-state index in [1.54, 1.807) is 0 Å². The Morgan fingerprint density at radius 1 is 1.31 bits per heavy atom. The largest absolute Gasteiger partial charge is 0.369 e. The molecule has 0 aliphatic carbocycles. The van der Waals surface area contributed by atoms with Crippen molar-refractivity contribution in [1.82, 2.24) is 9.29 Å². The lowest BCUT2D eigenvalue weighted by molar-refractivity contribution is 0.504. The fourth-order valence-electron chi connectivity index (χ4n) is 2.00. The summed E-state index contributed by atoms with van der Waals surface area (Å²) in [7, 11) is 0. The van der Waals surface area contributed by atoms with Crippen LogP contribution in [0.2, 0.25) is 0 Å². The molecule has 0 spiro atoms. The Morgan fingerprint density at radius 3 is 3.00 bits per heavy atom. The summed E-state index contributed by atoms with van der Waals surface area (Å²) < 4.78 is 2.48. The molecule has 1 aromatic rings. The van der Waals surface area contributed by atoms with E-state index >= 15 is 0 Å². The van der Waals surface area contributed by atoms with Gasteiger partial charge in [-0.3, -0.25) is 4.98 Å². The number of rotatable bonds is 3. The third kappa shape index (κ3) is 3.12. The van der Waals surface area contributed by atoms with Crippen LogP contribution >= 0.6 is 11.9 Å². The smallest absolute Gasteiger partial charge is 0.0553 e. The summed E-state index contributed by atoms with van der Waals surface area (Å²) in [5.74, 6) is 1.17. The number of hydrogen-bond acceptors (Lipinski definition) is 4. The lowest BCUT2D eigenvalue weighted by atomic mass is 10.3. The van der Waals surface area contributed by atoms with Gasteiger partial charge in [0.1, 0.15) is 0 Å². The summed E-state index contributed by atoms with van der Waals surface area (Å²) in [6, 6.07) is 4.16. The van der Waals surface area contributed by atoms with E-state index in [1.807, 2.05) is 30.4 Å². The van der Waals surface area contributed by atoms with E-state index in [1.165, 1.54) is 24.4 Å². The van der Waals surface area contributed by atoms with Gasteiger partial charge < -0.3 is 4.90 Å². The van der Waals surface area contributed by atoms with E-state index in [4.69, 9.17) is 0 Å². The van der Waals surface area contributed by atoms with Crippen molar-refractivity contribution in [2.45, 2.75) is 13.3 Å². The van der Waals surface area contributed by atoms with Gasteiger partial charge in [0, 0.05) is 38.1 Å². The van der Waals surface area contributed by atoms with Crippen molar-refractivity contribution in [3.05, 3.63) is 24.5 Å². The highest BCUT2D eigenvalue weighted by Crippen LogP contribution is 2.18. The predicted octanol–water partition coefficient (Wildman–Crippen LogP) is 2.26. The average molecular weight is 237 g/mol.